The second-order valence-electron chi connectivity index (χ2n) is 4.24. The highest BCUT2D eigenvalue weighted by Crippen LogP contribution is 2.39. The van der Waals surface area contributed by atoms with Crippen LogP contribution in [-0.4, -0.2) is 23.3 Å². The average molecular weight is 370 g/mol. The second-order valence-corrected chi connectivity index (χ2v) is 6.08. The predicted octanol–water partition coefficient (Wildman–Crippen LogP) is 3.22. The molecular formula is C14H13Cl2N5OS. The number of hydrogen-bond donors (Lipinski definition) is 3. The molecule has 2 heterocycles. The molecule has 0 amide bonds. The van der Waals surface area contributed by atoms with Crippen LogP contribution in [0.15, 0.2) is 18.2 Å². The van der Waals surface area contributed by atoms with Crippen LogP contribution in [-0.2, 0) is 0 Å². The second kappa shape index (κ2) is 7.10. The number of benzene rings is 1. The van der Waals surface area contributed by atoms with E-state index in [0.717, 1.165) is 0 Å². The first-order valence-corrected chi connectivity index (χ1v) is 7.92. The number of nitrogens with two attached hydrogens (primary N) is 3. The number of nitrogen functional groups attached to an aromatic ring is 2. The molecule has 0 atom stereocenters. The van der Waals surface area contributed by atoms with Crippen LogP contribution >= 0.6 is 34.5 Å². The molecule has 6 N–H and O–H groups in total. The van der Waals surface area contributed by atoms with Gasteiger partial charge in [-0.2, -0.15) is 0 Å². The molecule has 0 saturated heterocycles. The lowest BCUT2D eigenvalue weighted by molar-refractivity contribution is 0.112. The fraction of sp³-hybridized carbons (Fsp3) is 0.0714. The Balaban J connectivity index is 0.000000924. The highest BCUT2D eigenvalue weighted by molar-refractivity contribution is 7.21. The maximum absolute atomic E-state index is 11.0. The van der Waals surface area contributed by atoms with Crippen molar-refractivity contribution >= 4 is 62.7 Å². The predicted molar refractivity (Wildman–Crippen MR) is 97.2 cm³/mol. The van der Waals surface area contributed by atoms with Crippen LogP contribution in [0.5, 0.6) is 0 Å². The minimum atomic E-state index is 0.0993. The summed E-state index contributed by atoms with van der Waals surface area (Å²) in [6.07, 6.45) is 0.691. The van der Waals surface area contributed by atoms with E-state index in [1.165, 1.54) is 18.4 Å². The Morgan fingerprint density at radius 3 is 2.43 bits per heavy atom. The summed E-state index contributed by atoms with van der Waals surface area (Å²) in [4.78, 5) is 20.3. The lowest BCUT2D eigenvalue weighted by Crippen LogP contribution is -1.98. The van der Waals surface area contributed by atoms with Gasteiger partial charge in [-0.3, -0.25) is 4.79 Å². The van der Waals surface area contributed by atoms with Gasteiger partial charge < -0.3 is 17.2 Å². The quantitative estimate of drug-likeness (QED) is 0.596. The first-order chi connectivity index (χ1) is 11.0. The van der Waals surface area contributed by atoms with Gasteiger partial charge in [0, 0.05) is 5.56 Å². The highest BCUT2D eigenvalue weighted by atomic mass is 35.5. The van der Waals surface area contributed by atoms with Crippen LogP contribution in [0.4, 0.5) is 11.6 Å². The van der Waals surface area contributed by atoms with Gasteiger partial charge >= 0.3 is 0 Å². The lowest BCUT2D eigenvalue weighted by Gasteiger charge is -2.06. The molecule has 9 heteroatoms. The Morgan fingerprint density at radius 2 is 1.83 bits per heavy atom. The maximum atomic E-state index is 11.0. The summed E-state index contributed by atoms with van der Waals surface area (Å²) in [5.41, 5.74) is 17.8. The van der Waals surface area contributed by atoms with E-state index in [2.05, 4.69) is 15.7 Å². The summed E-state index contributed by atoms with van der Waals surface area (Å²) >= 11 is 13.1. The number of aldehydes is 1. The van der Waals surface area contributed by atoms with Crippen molar-refractivity contribution in [2.24, 2.45) is 5.73 Å². The molecular weight excluding hydrogens is 357 g/mol. The molecule has 0 aliphatic rings. The van der Waals surface area contributed by atoms with E-state index < -0.39 is 0 Å². The van der Waals surface area contributed by atoms with Gasteiger partial charge in [0.15, 0.2) is 6.29 Å². The Kier molecular flexibility index (Phi) is 5.38. The van der Waals surface area contributed by atoms with Gasteiger partial charge in [0.2, 0.25) is 5.95 Å². The van der Waals surface area contributed by atoms with E-state index in [9.17, 15) is 4.79 Å². The van der Waals surface area contributed by atoms with E-state index in [-0.39, 0.29) is 5.95 Å². The van der Waals surface area contributed by atoms with E-state index in [0.29, 0.717) is 48.4 Å². The average Bonchev–Trinajstić information content (AvgIpc) is 2.87. The Bertz CT molecular complexity index is 881. The molecule has 6 nitrogen and oxygen atoms in total. The molecule has 0 fully saturated rings. The summed E-state index contributed by atoms with van der Waals surface area (Å²) in [6, 6.07) is 5.09. The topological polar surface area (TPSA) is 121 Å². The Morgan fingerprint density at radius 1 is 1.13 bits per heavy atom. The van der Waals surface area contributed by atoms with Crippen LogP contribution in [0, 0.1) is 0 Å². The third kappa shape index (κ3) is 3.23. The highest BCUT2D eigenvalue weighted by Gasteiger charge is 2.17. The van der Waals surface area contributed by atoms with Crippen molar-refractivity contribution in [3.05, 3.63) is 33.1 Å². The van der Waals surface area contributed by atoms with Crippen molar-refractivity contribution in [1.82, 2.24) is 9.97 Å². The number of anilines is 2. The van der Waals surface area contributed by atoms with Gasteiger partial charge in [0.1, 0.15) is 4.83 Å². The van der Waals surface area contributed by atoms with Crippen molar-refractivity contribution < 1.29 is 4.79 Å². The molecule has 2 aromatic heterocycles. The van der Waals surface area contributed by atoms with E-state index in [4.69, 9.17) is 34.7 Å². The Hall–Kier alpha value is -1.93. The zero-order chi connectivity index (χ0) is 17.1. The van der Waals surface area contributed by atoms with Gasteiger partial charge in [0.25, 0.3) is 0 Å². The maximum Gasteiger partial charge on any atom is 0.221 e. The largest absolute Gasteiger partial charge is 0.397 e. The van der Waals surface area contributed by atoms with Crippen molar-refractivity contribution in [3.63, 3.8) is 0 Å². The zero-order valence-corrected chi connectivity index (χ0v) is 14.3. The molecule has 0 unspecified atom stereocenters. The summed E-state index contributed by atoms with van der Waals surface area (Å²) in [5.74, 6) is 0.0993. The van der Waals surface area contributed by atoms with E-state index >= 15 is 0 Å². The summed E-state index contributed by atoms with van der Waals surface area (Å²) in [6.45, 7) is 0. The summed E-state index contributed by atoms with van der Waals surface area (Å²) < 4.78 is 0. The Labute approximate surface area is 146 Å². The molecule has 1 aromatic carbocycles. The van der Waals surface area contributed by atoms with Crippen LogP contribution in [0.3, 0.4) is 0 Å². The van der Waals surface area contributed by atoms with Gasteiger partial charge in [-0.1, -0.05) is 29.3 Å². The SMILES string of the molecule is CN.Nc1nc(-c2ccc(Cl)c(Cl)c2)c2c(N)c(C=O)sc2n1. The molecule has 23 heavy (non-hydrogen) atoms. The van der Waals surface area contributed by atoms with Gasteiger partial charge in [-0.15, -0.1) is 11.3 Å². The van der Waals surface area contributed by atoms with E-state index in [1.54, 1.807) is 18.2 Å². The normalized spacial score (nSPS) is 10.3. The monoisotopic (exact) mass is 369 g/mol. The summed E-state index contributed by atoms with van der Waals surface area (Å²) in [5, 5.41) is 1.42. The van der Waals surface area contributed by atoms with Crippen molar-refractivity contribution in [1.29, 1.82) is 0 Å². The van der Waals surface area contributed by atoms with Gasteiger partial charge in [-0.05, 0) is 19.2 Å². The fourth-order valence-corrected chi connectivity index (χ4v) is 3.21. The van der Waals surface area contributed by atoms with Crippen molar-refractivity contribution in [3.8, 4) is 11.3 Å². The number of nitrogens with zero attached hydrogens (tertiary/aromatic N) is 2. The van der Waals surface area contributed by atoms with Crippen LogP contribution in [0.2, 0.25) is 10.0 Å². The standard InChI is InChI=1S/C13H8Cl2N4OS.CH5N/c14-6-2-1-5(3-7(6)15)11-9-10(16)8(4-20)21-12(9)19-13(17)18-11;1-2/h1-4H,16H2,(H2,17,18,19);2H2,1H3. The number of thiophene rings is 1. The molecule has 3 aromatic rings. The van der Waals surface area contributed by atoms with E-state index in [1.807, 2.05) is 0 Å². The zero-order valence-electron chi connectivity index (χ0n) is 12.0. The molecule has 120 valence electrons. The fourth-order valence-electron chi connectivity index (χ4n) is 2.00. The molecule has 0 spiro atoms. The number of halogens is 2. The van der Waals surface area contributed by atoms with Crippen LogP contribution in [0.1, 0.15) is 9.67 Å². The number of aromatic nitrogens is 2. The molecule has 0 aliphatic heterocycles. The van der Waals surface area contributed by atoms with Gasteiger partial charge in [0.05, 0.1) is 31.7 Å². The third-order valence-corrected chi connectivity index (χ3v) is 4.70. The molecule has 0 aliphatic carbocycles. The number of hydrogen-bond acceptors (Lipinski definition) is 7. The lowest BCUT2D eigenvalue weighted by atomic mass is 10.1. The number of fused-ring (bicyclic) bond motifs is 1. The summed E-state index contributed by atoms with van der Waals surface area (Å²) in [7, 11) is 1.50. The molecule has 3 rings (SSSR count). The van der Waals surface area contributed by atoms with Crippen molar-refractivity contribution in [2.75, 3.05) is 18.5 Å². The minimum Gasteiger partial charge on any atom is -0.397 e. The first-order valence-electron chi connectivity index (χ1n) is 6.35. The number of carbonyl (C=O) groups excluding carboxylic acids is 1. The molecule has 0 saturated carbocycles. The molecule has 0 bridgehead atoms. The minimum absolute atomic E-state index is 0.0993. The first kappa shape index (κ1) is 17.4. The smallest absolute Gasteiger partial charge is 0.221 e. The third-order valence-electron chi connectivity index (χ3n) is 2.93. The number of carbonyl (C=O) groups is 1. The molecule has 0 radical (unpaired) electrons. The van der Waals surface area contributed by atoms with Crippen molar-refractivity contribution in [2.45, 2.75) is 0 Å². The number of rotatable bonds is 2. The van der Waals surface area contributed by atoms with Crippen LogP contribution in [0.25, 0.3) is 21.5 Å². The van der Waals surface area contributed by atoms with Gasteiger partial charge in [-0.25, -0.2) is 9.97 Å². The van der Waals surface area contributed by atoms with Crippen LogP contribution < -0.4 is 17.2 Å².